The number of hydrogen-bond donors (Lipinski definition) is 2. The lowest BCUT2D eigenvalue weighted by molar-refractivity contribution is 0.102. The molecular weight excluding hydrogens is 437 g/mol. The van der Waals surface area contributed by atoms with E-state index < -0.39 is 11.7 Å². The van der Waals surface area contributed by atoms with Crippen molar-refractivity contribution >= 4 is 33.8 Å². The van der Waals surface area contributed by atoms with Crippen molar-refractivity contribution in [1.82, 2.24) is 24.7 Å². The van der Waals surface area contributed by atoms with Crippen LogP contribution in [0.15, 0.2) is 36.8 Å². The maximum absolute atomic E-state index is 14.5. The van der Waals surface area contributed by atoms with E-state index in [1.54, 1.807) is 36.0 Å². The normalized spacial score (nSPS) is 18.4. The highest BCUT2D eigenvalue weighted by Crippen LogP contribution is 2.31. The van der Waals surface area contributed by atoms with E-state index in [0.717, 1.165) is 24.2 Å². The van der Waals surface area contributed by atoms with Crippen LogP contribution in [-0.2, 0) is 0 Å². The fourth-order valence-corrected chi connectivity index (χ4v) is 4.62. The molecule has 10 heteroatoms. The molecule has 0 radical (unpaired) electrons. The number of rotatable bonds is 4. The number of hydrogen-bond acceptors (Lipinski definition) is 7. The van der Waals surface area contributed by atoms with Crippen molar-refractivity contribution in [2.45, 2.75) is 32.9 Å². The highest BCUT2D eigenvalue weighted by molar-refractivity contribution is 6.13. The van der Waals surface area contributed by atoms with Crippen LogP contribution in [0.25, 0.3) is 16.6 Å². The fraction of sp³-hybridized carbons (Fsp3) is 0.333. The van der Waals surface area contributed by atoms with Crippen LogP contribution in [0.1, 0.15) is 29.9 Å². The fourth-order valence-electron chi connectivity index (χ4n) is 4.62. The lowest BCUT2D eigenvalue weighted by Crippen LogP contribution is -2.54. The van der Waals surface area contributed by atoms with Crippen molar-refractivity contribution < 1.29 is 13.9 Å². The number of carbonyl (C=O) groups excluding carboxylic acids is 1. The third-order valence-electron chi connectivity index (χ3n) is 5.92. The van der Waals surface area contributed by atoms with Gasteiger partial charge in [0.1, 0.15) is 0 Å². The van der Waals surface area contributed by atoms with E-state index in [-0.39, 0.29) is 11.7 Å². The van der Waals surface area contributed by atoms with Crippen molar-refractivity contribution in [2.24, 2.45) is 0 Å². The van der Waals surface area contributed by atoms with E-state index in [9.17, 15) is 9.18 Å². The van der Waals surface area contributed by atoms with Crippen LogP contribution < -0.4 is 20.3 Å². The van der Waals surface area contributed by atoms with Crippen molar-refractivity contribution in [2.75, 3.05) is 30.4 Å². The molecule has 0 bridgehead atoms. The van der Waals surface area contributed by atoms with E-state index in [4.69, 9.17) is 4.74 Å². The molecule has 1 saturated heterocycles. The van der Waals surface area contributed by atoms with Crippen molar-refractivity contribution in [3.63, 3.8) is 0 Å². The molecule has 1 unspecified atom stereocenters. The number of carbonyl (C=O) groups is 1. The predicted molar refractivity (Wildman–Crippen MR) is 128 cm³/mol. The van der Waals surface area contributed by atoms with E-state index in [0.29, 0.717) is 34.5 Å². The summed E-state index contributed by atoms with van der Waals surface area (Å²) in [6.07, 6.45) is 5.02. The van der Waals surface area contributed by atoms with E-state index in [1.165, 1.54) is 13.2 Å². The van der Waals surface area contributed by atoms with Gasteiger partial charge in [0.2, 0.25) is 0 Å². The molecule has 34 heavy (non-hydrogen) atoms. The Bertz CT molecular complexity index is 1390. The lowest BCUT2D eigenvalue weighted by Gasteiger charge is -2.38. The number of amides is 1. The van der Waals surface area contributed by atoms with Crippen LogP contribution in [0.5, 0.6) is 6.01 Å². The largest absolute Gasteiger partial charge is 0.467 e. The number of piperazine rings is 1. The second kappa shape index (κ2) is 8.53. The predicted octanol–water partition coefficient (Wildman–Crippen LogP) is 3.17. The van der Waals surface area contributed by atoms with Gasteiger partial charge in [-0.25, -0.2) is 14.4 Å². The molecule has 2 atom stereocenters. The molecule has 1 amide bonds. The minimum atomic E-state index is -0.517. The smallest absolute Gasteiger partial charge is 0.316 e. The molecule has 176 valence electrons. The molecule has 5 rings (SSSR count). The Labute approximate surface area is 196 Å². The zero-order valence-electron chi connectivity index (χ0n) is 19.5. The van der Waals surface area contributed by atoms with Crippen molar-refractivity contribution in [1.29, 1.82) is 0 Å². The number of pyridine rings is 1. The van der Waals surface area contributed by atoms with Crippen LogP contribution in [0.2, 0.25) is 0 Å². The molecule has 1 fully saturated rings. The highest BCUT2D eigenvalue weighted by Gasteiger charge is 2.25. The van der Waals surface area contributed by atoms with Gasteiger partial charge in [0, 0.05) is 60.9 Å². The molecule has 4 heterocycles. The first-order chi connectivity index (χ1) is 16.3. The Morgan fingerprint density at radius 1 is 1.21 bits per heavy atom. The topological polar surface area (TPSA) is 96.7 Å². The van der Waals surface area contributed by atoms with Crippen molar-refractivity contribution in [3.05, 3.63) is 53.9 Å². The monoisotopic (exact) mass is 463 g/mol. The van der Waals surface area contributed by atoms with Gasteiger partial charge in [-0.2, -0.15) is 4.98 Å². The van der Waals surface area contributed by atoms with Gasteiger partial charge < -0.3 is 24.7 Å². The summed E-state index contributed by atoms with van der Waals surface area (Å²) in [5.74, 6) is -0.924. The zero-order valence-corrected chi connectivity index (χ0v) is 19.5. The standard InChI is InChI=1S/C24H26FN7O2/c1-13-9-31(10-14(2)27-13)20-6-5-17(21-18(20)8-26-24(30-21)34-4)23(33)29-16-7-19(25)22-28-15(3)11-32(22)12-16/h5-8,11-14,27H,9-10H2,1-4H3,(H,29,33)/t13-,14?/m0/s1. The molecule has 3 aromatic heterocycles. The maximum atomic E-state index is 14.5. The second-order valence-corrected chi connectivity index (χ2v) is 8.77. The summed E-state index contributed by atoms with van der Waals surface area (Å²) in [5, 5.41) is 7.07. The van der Waals surface area contributed by atoms with Gasteiger partial charge in [-0.3, -0.25) is 4.79 Å². The third kappa shape index (κ3) is 4.01. The van der Waals surface area contributed by atoms with Crippen LogP contribution in [0.4, 0.5) is 15.8 Å². The summed E-state index contributed by atoms with van der Waals surface area (Å²) in [6.45, 7) is 7.71. The number of halogens is 1. The van der Waals surface area contributed by atoms with Crippen LogP contribution >= 0.6 is 0 Å². The van der Waals surface area contributed by atoms with Gasteiger partial charge in [0.25, 0.3) is 5.91 Å². The first kappa shape index (κ1) is 22.0. The third-order valence-corrected chi connectivity index (χ3v) is 5.92. The number of imidazole rings is 1. The minimum absolute atomic E-state index is 0.169. The summed E-state index contributed by atoms with van der Waals surface area (Å²) < 4.78 is 21.3. The number of methoxy groups -OCH3 is 1. The number of ether oxygens (including phenoxy) is 1. The Balaban J connectivity index is 1.54. The molecular formula is C24H26FN7O2. The molecule has 4 aromatic rings. The minimum Gasteiger partial charge on any atom is -0.467 e. The van der Waals surface area contributed by atoms with Gasteiger partial charge in [-0.05, 0) is 32.9 Å². The van der Waals surface area contributed by atoms with Gasteiger partial charge in [-0.15, -0.1) is 0 Å². The van der Waals surface area contributed by atoms with E-state index in [1.807, 2.05) is 6.07 Å². The molecule has 1 aromatic carbocycles. The number of nitrogens with one attached hydrogen (secondary N) is 2. The molecule has 1 aliphatic heterocycles. The van der Waals surface area contributed by atoms with Gasteiger partial charge >= 0.3 is 6.01 Å². The number of aryl methyl sites for hydroxylation is 1. The summed E-state index contributed by atoms with van der Waals surface area (Å²) in [5.41, 5.74) is 2.98. The number of fused-ring (bicyclic) bond motifs is 2. The molecule has 1 aliphatic rings. The number of benzene rings is 1. The summed E-state index contributed by atoms with van der Waals surface area (Å²) in [6, 6.07) is 5.72. The maximum Gasteiger partial charge on any atom is 0.316 e. The van der Waals surface area contributed by atoms with E-state index in [2.05, 4.69) is 44.3 Å². The van der Waals surface area contributed by atoms with Crippen LogP contribution in [0, 0.1) is 12.7 Å². The van der Waals surface area contributed by atoms with Gasteiger partial charge in [0.15, 0.2) is 11.5 Å². The first-order valence-corrected chi connectivity index (χ1v) is 11.1. The number of aromatic nitrogens is 4. The lowest BCUT2D eigenvalue weighted by atomic mass is 10.0. The Morgan fingerprint density at radius 3 is 2.71 bits per heavy atom. The highest BCUT2D eigenvalue weighted by atomic mass is 19.1. The van der Waals surface area contributed by atoms with Crippen LogP contribution in [-0.4, -0.2) is 57.5 Å². The average molecular weight is 464 g/mol. The number of nitrogens with zero attached hydrogens (tertiary/aromatic N) is 5. The Kier molecular flexibility index (Phi) is 5.52. The quantitative estimate of drug-likeness (QED) is 0.480. The van der Waals surface area contributed by atoms with Crippen LogP contribution in [0.3, 0.4) is 0 Å². The van der Waals surface area contributed by atoms with Gasteiger partial charge in [0.05, 0.1) is 29.6 Å². The second-order valence-electron chi connectivity index (χ2n) is 8.77. The molecule has 2 N–H and O–H groups in total. The molecule has 0 aliphatic carbocycles. The van der Waals surface area contributed by atoms with Gasteiger partial charge in [-0.1, -0.05) is 0 Å². The van der Waals surface area contributed by atoms with Crippen molar-refractivity contribution in [3.8, 4) is 6.01 Å². The average Bonchev–Trinajstić information content (AvgIpc) is 3.18. The molecule has 9 nitrogen and oxygen atoms in total. The Morgan fingerprint density at radius 2 is 1.97 bits per heavy atom. The van der Waals surface area contributed by atoms with E-state index >= 15 is 0 Å². The summed E-state index contributed by atoms with van der Waals surface area (Å²) in [4.78, 5) is 28.5. The first-order valence-electron chi connectivity index (χ1n) is 11.1. The Hall–Kier alpha value is -3.79. The molecule has 0 spiro atoms. The molecule has 0 saturated carbocycles. The summed E-state index contributed by atoms with van der Waals surface area (Å²) in [7, 11) is 1.48. The zero-order chi connectivity index (χ0) is 24.0. The SMILES string of the molecule is COc1ncc2c(N3CC(C)N[C@@H](C)C3)ccc(C(=O)Nc3cc(F)c4nc(C)cn4c3)c2n1. The summed E-state index contributed by atoms with van der Waals surface area (Å²) >= 11 is 0. The number of anilines is 2.